The van der Waals surface area contributed by atoms with Crippen LogP contribution < -0.4 is 10.5 Å². The van der Waals surface area contributed by atoms with E-state index < -0.39 is 12.6 Å². The summed E-state index contributed by atoms with van der Waals surface area (Å²) in [5.74, 6) is 0.513. The van der Waals surface area contributed by atoms with Gasteiger partial charge < -0.3 is 10.5 Å². The van der Waals surface area contributed by atoms with Gasteiger partial charge in [-0.25, -0.2) is 0 Å². The summed E-state index contributed by atoms with van der Waals surface area (Å²) >= 11 is 3.25. The highest BCUT2D eigenvalue weighted by molar-refractivity contribution is 9.10. The fourth-order valence-electron chi connectivity index (χ4n) is 1.24. The summed E-state index contributed by atoms with van der Waals surface area (Å²) in [4.78, 5) is 0. The van der Waals surface area contributed by atoms with Crippen molar-refractivity contribution in [1.29, 1.82) is 0 Å². The Kier molecular flexibility index (Phi) is 4.68. The zero-order chi connectivity index (χ0) is 13.1. The van der Waals surface area contributed by atoms with Crippen LogP contribution in [-0.4, -0.2) is 12.8 Å². The molecule has 0 aromatic heterocycles. The summed E-state index contributed by atoms with van der Waals surface area (Å²) in [5.41, 5.74) is 7.11. The zero-order valence-electron chi connectivity index (χ0n) is 9.27. The van der Waals surface area contributed by atoms with E-state index in [1.165, 1.54) is 0 Å². The first-order valence-corrected chi connectivity index (χ1v) is 5.84. The van der Waals surface area contributed by atoms with Gasteiger partial charge in [0.1, 0.15) is 5.75 Å². The molecule has 1 rings (SSSR count). The lowest BCUT2D eigenvalue weighted by Crippen LogP contribution is -2.10. The Morgan fingerprint density at radius 1 is 1.35 bits per heavy atom. The first-order valence-electron chi connectivity index (χ1n) is 5.05. The molecule has 0 atom stereocenters. The third kappa shape index (κ3) is 4.85. The van der Waals surface area contributed by atoms with Crippen LogP contribution in [0.5, 0.6) is 5.75 Å². The molecule has 96 valence electrons. The van der Waals surface area contributed by atoms with Gasteiger partial charge in [-0.15, -0.1) is 0 Å². The average molecular weight is 312 g/mol. The minimum atomic E-state index is -4.13. The molecule has 0 amide bonds. The Bertz CT molecular complexity index is 393. The number of benzene rings is 1. The fraction of sp³-hybridized carbons (Fsp3) is 0.455. The predicted molar refractivity (Wildman–Crippen MR) is 64.1 cm³/mol. The molecule has 0 aliphatic rings. The first-order chi connectivity index (χ1) is 7.79. The molecule has 17 heavy (non-hydrogen) atoms. The summed E-state index contributed by atoms with van der Waals surface area (Å²) in [6.07, 6.45) is -5.02. The first kappa shape index (κ1) is 14.2. The maximum atomic E-state index is 11.9. The number of anilines is 1. The summed E-state index contributed by atoms with van der Waals surface area (Å²) in [7, 11) is 0. The van der Waals surface area contributed by atoms with E-state index in [9.17, 15) is 13.2 Å². The molecular weight excluding hydrogens is 299 g/mol. The van der Waals surface area contributed by atoms with Crippen molar-refractivity contribution in [2.45, 2.75) is 25.9 Å². The normalized spacial score (nSPS) is 11.6. The van der Waals surface area contributed by atoms with Crippen LogP contribution in [0.2, 0.25) is 0 Å². The minimum absolute atomic E-state index is 0.0292. The lowest BCUT2D eigenvalue weighted by atomic mass is 10.2. The minimum Gasteiger partial charge on any atom is -0.492 e. The monoisotopic (exact) mass is 311 g/mol. The number of nitrogen functional groups attached to an aromatic ring is 1. The maximum absolute atomic E-state index is 11.9. The van der Waals surface area contributed by atoms with Crippen LogP contribution in [0.15, 0.2) is 16.6 Å². The van der Waals surface area contributed by atoms with Crippen LogP contribution in [0.4, 0.5) is 18.9 Å². The van der Waals surface area contributed by atoms with E-state index in [-0.39, 0.29) is 13.0 Å². The molecule has 2 N–H and O–H groups in total. The lowest BCUT2D eigenvalue weighted by Gasteiger charge is -2.11. The zero-order valence-corrected chi connectivity index (χ0v) is 10.9. The highest BCUT2D eigenvalue weighted by Crippen LogP contribution is 2.30. The van der Waals surface area contributed by atoms with Gasteiger partial charge in [0.15, 0.2) is 0 Å². The highest BCUT2D eigenvalue weighted by Gasteiger charge is 2.26. The molecule has 0 spiro atoms. The fourth-order valence-corrected chi connectivity index (χ4v) is 1.71. The van der Waals surface area contributed by atoms with Gasteiger partial charge in [0.25, 0.3) is 0 Å². The molecule has 6 heteroatoms. The SMILES string of the molecule is Cc1cc(OCCCC(F)(F)F)c(Br)cc1N. The molecule has 0 saturated carbocycles. The predicted octanol–water partition coefficient (Wildman–Crippen LogP) is 4.06. The van der Waals surface area contributed by atoms with E-state index >= 15 is 0 Å². The second-order valence-electron chi connectivity index (χ2n) is 3.71. The number of hydrogen-bond donors (Lipinski definition) is 1. The Balaban J connectivity index is 2.50. The molecule has 0 fully saturated rings. The Morgan fingerprint density at radius 3 is 2.59 bits per heavy atom. The Labute approximate surface area is 106 Å². The van der Waals surface area contributed by atoms with Crippen molar-refractivity contribution in [3.63, 3.8) is 0 Å². The van der Waals surface area contributed by atoms with Crippen LogP contribution in [0.25, 0.3) is 0 Å². The number of rotatable bonds is 4. The molecular formula is C11H13BrF3NO. The van der Waals surface area contributed by atoms with Gasteiger partial charge in [0, 0.05) is 12.1 Å². The van der Waals surface area contributed by atoms with E-state index in [2.05, 4.69) is 15.9 Å². The van der Waals surface area contributed by atoms with Gasteiger partial charge in [-0.2, -0.15) is 13.2 Å². The maximum Gasteiger partial charge on any atom is 0.389 e. The molecule has 1 aromatic rings. The molecule has 0 radical (unpaired) electrons. The van der Waals surface area contributed by atoms with Crippen LogP contribution in [0, 0.1) is 6.92 Å². The average Bonchev–Trinajstić information content (AvgIpc) is 2.18. The molecule has 2 nitrogen and oxygen atoms in total. The van der Waals surface area contributed by atoms with Crippen LogP contribution in [0.1, 0.15) is 18.4 Å². The summed E-state index contributed by atoms with van der Waals surface area (Å²) in [5, 5.41) is 0. The van der Waals surface area contributed by atoms with Crippen LogP contribution >= 0.6 is 15.9 Å². The second kappa shape index (κ2) is 5.62. The number of halogens is 4. The van der Waals surface area contributed by atoms with E-state index in [1.54, 1.807) is 12.1 Å². The van der Waals surface area contributed by atoms with E-state index in [0.717, 1.165) is 5.56 Å². The third-order valence-electron chi connectivity index (χ3n) is 2.18. The van der Waals surface area contributed by atoms with Crippen molar-refractivity contribution in [2.75, 3.05) is 12.3 Å². The third-order valence-corrected chi connectivity index (χ3v) is 2.80. The molecule has 0 saturated heterocycles. The number of nitrogens with two attached hydrogens (primary N) is 1. The topological polar surface area (TPSA) is 35.2 Å². The second-order valence-corrected chi connectivity index (χ2v) is 4.56. The van der Waals surface area contributed by atoms with Crippen molar-refractivity contribution < 1.29 is 17.9 Å². The molecule has 0 unspecified atom stereocenters. The van der Waals surface area contributed by atoms with E-state index in [4.69, 9.17) is 10.5 Å². The van der Waals surface area contributed by atoms with Gasteiger partial charge in [0.05, 0.1) is 11.1 Å². The smallest absolute Gasteiger partial charge is 0.389 e. The van der Waals surface area contributed by atoms with Gasteiger partial charge in [0.2, 0.25) is 0 Å². The van der Waals surface area contributed by atoms with Crippen molar-refractivity contribution in [1.82, 2.24) is 0 Å². The van der Waals surface area contributed by atoms with Crippen LogP contribution in [-0.2, 0) is 0 Å². The largest absolute Gasteiger partial charge is 0.492 e. The van der Waals surface area contributed by atoms with Gasteiger partial charge in [-0.05, 0) is 47.0 Å². The standard InChI is InChI=1S/C11H13BrF3NO/c1-7-5-10(8(12)6-9(7)16)17-4-2-3-11(13,14)15/h5-6H,2-4,16H2,1H3. The Morgan fingerprint density at radius 2 is 2.00 bits per heavy atom. The lowest BCUT2D eigenvalue weighted by molar-refractivity contribution is -0.136. The van der Waals surface area contributed by atoms with Gasteiger partial charge >= 0.3 is 6.18 Å². The molecule has 1 aromatic carbocycles. The van der Waals surface area contributed by atoms with Crippen molar-refractivity contribution in [3.05, 3.63) is 22.2 Å². The molecule has 0 bridgehead atoms. The van der Waals surface area contributed by atoms with Gasteiger partial charge in [-0.1, -0.05) is 0 Å². The van der Waals surface area contributed by atoms with Crippen molar-refractivity contribution in [3.8, 4) is 5.75 Å². The highest BCUT2D eigenvalue weighted by atomic mass is 79.9. The summed E-state index contributed by atoms with van der Waals surface area (Å²) < 4.78 is 41.6. The van der Waals surface area contributed by atoms with E-state index in [1.807, 2.05) is 6.92 Å². The van der Waals surface area contributed by atoms with E-state index in [0.29, 0.717) is 15.9 Å². The van der Waals surface area contributed by atoms with Crippen molar-refractivity contribution in [2.24, 2.45) is 0 Å². The van der Waals surface area contributed by atoms with Crippen LogP contribution in [0.3, 0.4) is 0 Å². The summed E-state index contributed by atoms with van der Waals surface area (Å²) in [6.45, 7) is 1.84. The number of hydrogen-bond acceptors (Lipinski definition) is 2. The quantitative estimate of drug-likeness (QED) is 0.672. The number of alkyl halides is 3. The van der Waals surface area contributed by atoms with Crippen molar-refractivity contribution >= 4 is 21.6 Å². The summed E-state index contributed by atoms with van der Waals surface area (Å²) in [6, 6.07) is 3.38. The number of ether oxygens (including phenoxy) is 1. The Hall–Kier alpha value is -0.910. The van der Waals surface area contributed by atoms with Gasteiger partial charge in [-0.3, -0.25) is 0 Å². The number of aryl methyl sites for hydroxylation is 1. The molecule has 0 aliphatic carbocycles. The molecule has 0 aliphatic heterocycles. The molecule has 0 heterocycles.